The molecule has 3 heterocycles. The molecule has 114 valence electrons. The van der Waals surface area contributed by atoms with Crippen molar-refractivity contribution in [2.75, 3.05) is 0 Å². The monoisotopic (exact) mass is 339 g/mol. The van der Waals surface area contributed by atoms with Crippen molar-refractivity contribution in [1.82, 2.24) is 5.32 Å². The highest BCUT2D eigenvalue weighted by molar-refractivity contribution is 7.20. The minimum atomic E-state index is -0.0692. The molecule has 0 aliphatic carbocycles. The van der Waals surface area contributed by atoms with Gasteiger partial charge in [-0.1, -0.05) is 24.3 Å². The zero-order chi connectivity index (χ0) is 15.6. The summed E-state index contributed by atoms with van der Waals surface area (Å²) in [6, 6.07) is 17.8. The Hall–Kier alpha value is -2.37. The van der Waals surface area contributed by atoms with Crippen molar-refractivity contribution in [3.63, 3.8) is 0 Å². The van der Waals surface area contributed by atoms with E-state index in [0.29, 0.717) is 6.54 Å². The molecule has 3 nitrogen and oxygen atoms in total. The number of carbonyl (C=O) groups excluding carboxylic acids is 1. The number of rotatable bonds is 4. The zero-order valence-electron chi connectivity index (χ0n) is 12.1. The van der Waals surface area contributed by atoms with Crippen LogP contribution in [-0.2, 0) is 6.54 Å². The Morgan fingerprint density at radius 1 is 1.09 bits per heavy atom. The molecule has 0 saturated carbocycles. The van der Waals surface area contributed by atoms with E-state index in [4.69, 9.17) is 4.42 Å². The van der Waals surface area contributed by atoms with Gasteiger partial charge in [-0.05, 0) is 41.1 Å². The molecule has 0 unspecified atom stereocenters. The second-order valence-electron chi connectivity index (χ2n) is 5.07. The van der Waals surface area contributed by atoms with Crippen LogP contribution in [0.25, 0.3) is 20.7 Å². The first-order chi connectivity index (χ1) is 11.3. The Kier molecular flexibility index (Phi) is 3.73. The molecule has 0 saturated heterocycles. The number of amides is 1. The van der Waals surface area contributed by atoms with Crippen molar-refractivity contribution in [1.29, 1.82) is 0 Å². The lowest BCUT2D eigenvalue weighted by Crippen LogP contribution is -2.21. The Morgan fingerprint density at radius 3 is 2.83 bits per heavy atom. The summed E-state index contributed by atoms with van der Waals surface area (Å²) >= 11 is 3.14. The van der Waals surface area contributed by atoms with Gasteiger partial charge < -0.3 is 9.73 Å². The first-order valence-electron chi connectivity index (χ1n) is 7.19. The van der Waals surface area contributed by atoms with Crippen LogP contribution in [0.4, 0.5) is 0 Å². The molecular weight excluding hydrogens is 326 g/mol. The van der Waals surface area contributed by atoms with E-state index in [2.05, 4.69) is 5.32 Å². The van der Waals surface area contributed by atoms with Gasteiger partial charge in [0, 0.05) is 4.70 Å². The number of furan rings is 1. The molecule has 3 aromatic heterocycles. The molecular formula is C18H13NO2S2. The molecule has 1 aromatic carbocycles. The van der Waals surface area contributed by atoms with Gasteiger partial charge in [-0.25, -0.2) is 0 Å². The summed E-state index contributed by atoms with van der Waals surface area (Å²) in [5.74, 6) is 1.52. The van der Waals surface area contributed by atoms with Gasteiger partial charge in [0.25, 0.3) is 5.91 Å². The maximum Gasteiger partial charge on any atom is 0.261 e. The van der Waals surface area contributed by atoms with E-state index >= 15 is 0 Å². The Morgan fingerprint density at radius 2 is 2.00 bits per heavy atom. The van der Waals surface area contributed by atoms with E-state index in [-0.39, 0.29) is 5.91 Å². The van der Waals surface area contributed by atoms with Crippen molar-refractivity contribution in [3.8, 4) is 10.6 Å². The van der Waals surface area contributed by atoms with Gasteiger partial charge in [0.05, 0.1) is 16.3 Å². The van der Waals surface area contributed by atoms with Crippen LogP contribution in [0.1, 0.15) is 15.4 Å². The molecule has 1 N–H and O–H groups in total. The molecule has 0 radical (unpaired) electrons. The fourth-order valence-corrected chi connectivity index (χ4v) is 4.04. The van der Waals surface area contributed by atoms with Crippen LogP contribution >= 0.6 is 22.7 Å². The molecule has 0 bridgehead atoms. The predicted molar refractivity (Wildman–Crippen MR) is 95.0 cm³/mol. The van der Waals surface area contributed by atoms with Crippen molar-refractivity contribution in [2.24, 2.45) is 0 Å². The number of carbonyl (C=O) groups is 1. The minimum Gasteiger partial charge on any atom is -0.458 e. The molecule has 0 fully saturated rings. The quantitative estimate of drug-likeness (QED) is 0.558. The lowest BCUT2D eigenvalue weighted by atomic mass is 10.2. The van der Waals surface area contributed by atoms with E-state index in [1.54, 1.807) is 11.3 Å². The summed E-state index contributed by atoms with van der Waals surface area (Å²) in [4.78, 5) is 14.1. The highest BCUT2D eigenvalue weighted by atomic mass is 32.1. The molecule has 0 atom stereocenters. The first-order valence-corrected chi connectivity index (χ1v) is 8.88. The van der Waals surface area contributed by atoms with Gasteiger partial charge in [0.15, 0.2) is 0 Å². The lowest BCUT2D eigenvalue weighted by Gasteiger charge is -2.00. The smallest absolute Gasteiger partial charge is 0.261 e. The summed E-state index contributed by atoms with van der Waals surface area (Å²) in [6.07, 6.45) is 0. The number of hydrogen-bond acceptors (Lipinski definition) is 4. The van der Waals surface area contributed by atoms with Crippen molar-refractivity contribution >= 4 is 38.7 Å². The Bertz CT molecular complexity index is 917. The van der Waals surface area contributed by atoms with Crippen molar-refractivity contribution < 1.29 is 9.21 Å². The van der Waals surface area contributed by atoms with E-state index in [0.717, 1.165) is 31.4 Å². The van der Waals surface area contributed by atoms with Crippen LogP contribution in [-0.4, -0.2) is 5.91 Å². The van der Waals surface area contributed by atoms with Crippen molar-refractivity contribution in [3.05, 3.63) is 70.6 Å². The highest BCUT2D eigenvalue weighted by Crippen LogP contribution is 2.27. The minimum absolute atomic E-state index is 0.0692. The molecule has 4 aromatic rings. The van der Waals surface area contributed by atoms with Crippen LogP contribution in [0.5, 0.6) is 0 Å². The molecule has 4 rings (SSSR count). The van der Waals surface area contributed by atoms with Gasteiger partial charge in [-0.2, -0.15) is 0 Å². The summed E-state index contributed by atoms with van der Waals surface area (Å²) in [5, 5.41) is 6.03. The van der Waals surface area contributed by atoms with Crippen LogP contribution in [0.15, 0.2) is 64.4 Å². The van der Waals surface area contributed by atoms with Gasteiger partial charge in [-0.3, -0.25) is 4.79 Å². The van der Waals surface area contributed by atoms with E-state index < -0.39 is 0 Å². The Balaban J connectivity index is 1.45. The number of nitrogens with one attached hydrogen (secondary N) is 1. The van der Waals surface area contributed by atoms with Crippen molar-refractivity contribution in [2.45, 2.75) is 6.54 Å². The van der Waals surface area contributed by atoms with E-state index in [9.17, 15) is 4.79 Å². The van der Waals surface area contributed by atoms with Gasteiger partial charge in [0.2, 0.25) is 0 Å². The second kappa shape index (κ2) is 6.02. The SMILES string of the molecule is O=C(NCc1ccc(-c2cccs2)o1)c1cc2ccccc2s1. The average molecular weight is 339 g/mol. The maximum atomic E-state index is 12.3. The van der Waals surface area contributed by atoms with Gasteiger partial charge in [-0.15, -0.1) is 22.7 Å². The van der Waals surface area contributed by atoms with E-state index in [1.165, 1.54) is 11.3 Å². The fraction of sp³-hybridized carbons (Fsp3) is 0.0556. The molecule has 0 aliphatic rings. The van der Waals surface area contributed by atoms with Crippen LogP contribution in [0.3, 0.4) is 0 Å². The summed E-state index contributed by atoms with van der Waals surface area (Å²) < 4.78 is 6.89. The summed E-state index contributed by atoms with van der Waals surface area (Å²) in [6.45, 7) is 0.387. The van der Waals surface area contributed by atoms with Crippen LogP contribution < -0.4 is 5.32 Å². The Labute approximate surface area is 141 Å². The third-order valence-electron chi connectivity index (χ3n) is 3.50. The fourth-order valence-electron chi connectivity index (χ4n) is 2.37. The van der Waals surface area contributed by atoms with Crippen LogP contribution in [0, 0.1) is 0 Å². The molecule has 0 aliphatic heterocycles. The highest BCUT2D eigenvalue weighted by Gasteiger charge is 2.11. The molecule has 0 spiro atoms. The zero-order valence-corrected chi connectivity index (χ0v) is 13.7. The lowest BCUT2D eigenvalue weighted by molar-refractivity contribution is 0.0952. The standard InChI is InChI=1S/C18H13NO2S2/c20-18(17-10-12-4-1-2-5-15(12)23-17)19-11-13-7-8-14(21-13)16-6-3-9-22-16/h1-10H,11H2,(H,19,20). The normalized spacial score (nSPS) is 11.0. The topological polar surface area (TPSA) is 42.2 Å². The van der Waals surface area contributed by atoms with Gasteiger partial charge in [0.1, 0.15) is 11.5 Å². The number of thiophene rings is 2. The molecule has 1 amide bonds. The first kappa shape index (κ1) is 14.2. The third kappa shape index (κ3) is 2.93. The average Bonchev–Trinajstić information content (AvgIpc) is 3.31. The summed E-state index contributed by atoms with van der Waals surface area (Å²) in [5.41, 5.74) is 0. The van der Waals surface area contributed by atoms with Crippen LogP contribution in [0.2, 0.25) is 0 Å². The molecule has 23 heavy (non-hydrogen) atoms. The van der Waals surface area contributed by atoms with Gasteiger partial charge >= 0.3 is 0 Å². The number of fused-ring (bicyclic) bond motifs is 1. The maximum absolute atomic E-state index is 12.3. The largest absolute Gasteiger partial charge is 0.458 e. The second-order valence-corrected chi connectivity index (χ2v) is 7.11. The third-order valence-corrected chi connectivity index (χ3v) is 5.50. The number of benzene rings is 1. The predicted octanol–water partition coefficient (Wildman–Crippen LogP) is 5.15. The number of hydrogen-bond donors (Lipinski definition) is 1. The summed E-state index contributed by atoms with van der Waals surface area (Å²) in [7, 11) is 0. The van der Waals surface area contributed by atoms with E-state index in [1.807, 2.05) is 60.0 Å². The molecule has 5 heteroatoms.